The van der Waals surface area contributed by atoms with Crippen LogP contribution in [0, 0.1) is 0 Å². The summed E-state index contributed by atoms with van der Waals surface area (Å²) in [6.07, 6.45) is -11.1. The van der Waals surface area contributed by atoms with Gasteiger partial charge in [-0.3, -0.25) is 0 Å². The fourth-order valence-electron chi connectivity index (χ4n) is 5.38. The SMILES string of the molecule is O=C(OC[C@@H](O)[C@@H](OC(=O)c1cc(O)c(O)c(O)c1)[C@@H]1OC(=O)c2cc(O)c(O)c(O)c2-c2c(cc(O)c(O)c2O)C(=O)O[C@H]1C(=O)O)c1cc(O)c(O)c(O)c1. The van der Waals surface area contributed by atoms with Crippen molar-refractivity contribution in [1.82, 2.24) is 0 Å². The number of carbonyl (C=O) groups excluding carboxylic acids is 4. The molecule has 0 bridgehead atoms. The molecule has 0 amide bonds. The van der Waals surface area contributed by atoms with Crippen LogP contribution >= 0.6 is 0 Å². The van der Waals surface area contributed by atoms with E-state index < -0.39 is 163 Å². The van der Waals surface area contributed by atoms with Gasteiger partial charge < -0.3 is 90.4 Å². The number of hydrogen-bond acceptors (Lipinski definition) is 22. The number of aliphatic hydroxyl groups is 1. The summed E-state index contributed by atoms with van der Waals surface area (Å²) in [5, 5.41) is 143. The summed E-state index contributed by atoms with van der Waals surface area (Å²) in [5.41, 5.74) is -6.04. The molecule has 1 aliphatic rings. The summed E-state index contributed by atoms with van der Waals surface area (Å²) in [4.78, 5) is 66.5. The number of benzene rings is 4. The molecular formula is C34H26O23. The Bertz CT molecular complexity index is 2320. The van der Waals surface area contributed by atoms with Crippen molar-refractivity contribution in [3.63, 3.8) is 0 Å². The third kappa shape index (κ3) is 7.35. The lowest BCUT2D eigenvalue weighted by Crippen LogP contribution is -2.54. The van der Waals surface area contributed by atoms with Gasteiger partial charge in [-0.1, -0.05) is 0 Å². The molecule has 0 fully saturated rings. The second-order valence-corrected chi connectivity index (χ2v) is 11.8. The van der Waals surface area contributed by atoms with E-state index in [-0.39, 0.29) is 0 Å². The van der Waals surface area contributed by atoms with Gasteiger partial charge in [0.2, 0.25) is 17.6 Å². The molecule has 0 saturated carbocycles. The Kier molecular flexibility index (Phi) is 10.5. The minimum atomic E-state index is -2.94. The number of carboxylic acid groups (broad SMARTS) is 1. The monoisotopic (exact) mass is 802 g/mol. The van der Waals surface area contributed by atoms with Crippen LogP contribution < -0.4 is 0 Å². The summed E-state index contributed by atoms with van der Waals surface area (Å²) >= 11 is 0. The predicted octanol–water partition coefficient (Wildman–Crippen LogP) is 0.413. The number of hydrogen-bond donors (Lipinski definition) is 14. The lowest BCUT2D eigenvalue weighted by Gasteiger charge is -2.34. The van der Waals surface area contributed by atoms with E-state index in [1.807, 2.05) is 0 Å². The number of aliphatic carboxylic acids is 1. The highest BCUT2D eigenvalue weighted by Gasteiger charge is 2.48. The largest absolute Gasteiger partial charge is 0.504 e. The molecule has 23 heteroatoms. The summed E-state index contributed by atoms with van der Waals surface area (Å²) in [6, 6.07) is 2.90. The summed E-state index contributed by atoms with van der Waals surface area (Å²) in [6.45, 7) is -1.39. The smallest absolute Gasteiger partial charge is 0.349 e. The van der Waals surface area contributed by atoms with Crippen molar-refractivity contribution in [2.45, 2.75) is 24.4 Å². The topological polar surface area (TPSA) is 405 Å². The van der Waals surface area contributed by atoms with Crippen molar-refractivity contribution in [3.8, 4) is 80.1 Å². The average Bonchev–Trinajstić information content (AvgIpc) is 3.15. The van der Waals surface area contributed by atoms with Crippen molar-refractivity contribution in [1.29, 1.82) is 0 Å². The molecule has 0 aliphatic carbocycles. The van der Waals surface area contributed by atoms with Gasteiger partial charge in [0.15, 0.2) is 69.7 Å². The van der Waals surface area contributed by atoms with Gasteiger partial charge in [-0.25, -0.2) is 24.0 Å². The zero-order valence-electron chi connectivity index (χ0n) is 27.9. The molecule has 0 spiro atoms. The van der Waals surface area contributed by atoms with Gasteiger partial charge >= 0.3 is 29.8 Å². The van der Waals surface area contributed by atoms with Crippen LogP contribution in [0.3, 0.4) is 0 Å². The number of carbonyl (C=O) groups is 5. The van der Waals surface area contributed by atoms with Crippen LogP contribution in [-0.2, 0) is 23.7 Å². The lowest BCUT2D eigenvalue weighted by molar-refractivity contribution is -0.166. The van der Waals surface area contributed by atoms with E-state index in [1.165, 1.54) is 0 Å². The lowest BCUT2D eigenvalue weighted by atomic mass is 9.91. The molecule has 1 heterocycles. The molecule has 23 nitrogen and oxygen atoms in total. The first-order valence-electron chi connectivity index (χ1n) is 15.4. The molecular weight excluding hydrogens is 776 g/mol. The minimum absolute atomic E-state index is 0.351. The van der Waals surface area contributed by atoms with Crippen molar-refractivity contribution in [2.75, 3.05) is 6.61 Å². The van der Waals surface area contributed by atoms with Gasteiger partial charge in [-0.05, 0) is 36.4 Å². The predicted molar refractivity (Wildman–Crippen MR) is 176 cm³/mol. The highest BCUT2D eigenvalue weighted by molar-refractivity contribution is 6.09. The maximum Gasteiger partial charge on any atom is 0.349 e. The molecule has 5 rings (SSSR count). The highest BCUT2D eigenvalue weighted by atomic mass is 16.6. The van der Waals surface area contributed by atoms with Gasteiger partial charge in [-0.2, -0.15) is 0 Å². The zero-order valence-corrected chi connectivity index (χ0v) is 27.9. The average molecular weight is 803 g/mol. The van der Waals surface area contributed by atoms with Crippen LogP contribution in [0.2, 0.25) is 0 Å². The molecule has 0 unspecified atom stereocenters. The molecule has 0 saturated heterocycles. The Morgan fingerprint density at radius 2 is 0.947 bits per heavy atom. The number of phenolic OH excluding ortho intramolecular Hbond substituents is 12. The number of cyclic esters (lactones) is 2. The van der Waals surface area contributed by atoms with Crippen molar-refractivity contribution >= 4 is 29.8 Å². The van der Waals surface area contributed by atoms with Crippen LogP contribution in [0.5, 0.6) is 69.0 Å². The fourth-order valence-corrected chi connectivity index (χ4v) is 5.38. The number of carboxylic acids is 1. The maximum atomic E-state index is 13.9. The molecule has 4 atom stereocenters. The molecule has 4 aromatic carbocycles. The van der Waals surface area contributed by atoms with Crippen LogP contribution in [-0.4, -0.2) is 132 Å². The van der Waals surface area contributed by atoms with Gasteiger partial charge in [-0.15, -0.1) is 0 Å². The fraction of sp³-hybridized carbons (Fsp3) is 0.147. The minimum Gasteiger partial charge on any atom is -0.504 e. The van der Waals surface area contributed by atoms with Gasteiger partial charge in [0.1, 0.15) is 12.7 Å². The van der Waals surface area contributed by atoms with Crippen molar-refractivity contribution < 1.29 is 114 Å². The van der Waals surface area contributed by atoms with Crippen LogP contribution in [0.15, 0.2) is 36.4 Å². The first-order valence-corrected chi connectivity index (χ1v) is 15.4. The van der Waals surface area contributed by atoms with E-state index in [4.69, 9.17) is 18.9 Å². The molecule has 0 radical (unpaired) electrons. The van der Waals surface area contributed by atoms with Crippen LogP contribution in [0.4, 0.5) is 0 Å². The molecule has 57 heavy (non-hydrogen) atoms. The molecule has 14 N–H and O–H groups in total. The Morgan fingerprint density at radius 3 is 1.37 bits per heavy atom. The quantitative estimate of drug-likeness (QED) is 0.0651. The van der Waals surface area contributed by atoms with Crippen LogP contribution in [0.25, 0.3) is 11.1 Å². The van der Waals surface area contributed by atoms with E-state index in [1.54, 1.807) is 0 Å². The summed E-state index contributed by atoms with van der Waals surface area (Å²) < 4.78 is 20.4. The number of rotatable bonds is 8. The number of aliphatic hydroxyl groups excluding tert-OH is 1. The number of esters is 4. The van der Waals surface area contributed by atoms with Gasteiger partial charge in [0.05, 0.1) is 22.3 Å². The van der Waals surface area contributed by atoms with E-state index in [0.29, 0.717) is 36.4 Å². The van der Waals surface area contributed by atoms with Crippen molar-refractivity contribution in [2.24, 2.45) is 0 Å². The second kappa shape index (κ2) is 14.9. The Morgan fingerprint density at radius 1 is 0.561 bits per heavy atom. The van der Waals surface area contributed by atoms with Gasteiger partial charge in [0, 0.05) is 11.1 Å². The van der Waals surface area contributed by atoms with E-state index in [2.05, 4.69) is 0 Å². The first kappa shape index (κ1) is 40.0. The number of fused-ring (bicyclic) bond motifs is 3. The number of ether oxygens (including phenoxy) is 4. The Labute approximate surface area is 314 Å². The first-order chi connectivity index (χ1) is 26.6. The van der Waals surface area contributed by atoms with E-state index in [0.717, 1.165) is 0 Å². The van der Waals surface area contributed by atoms with E-state index in [9.17, 15) is 95.5 Å². The number of phenols is 12. The molecule has 4 aromatic rings. The second-order valence-electron chi connectivity index (χ2n) is 11.8. The van der Waals surface area contributed by atoms with Crippen LogP contribution in [0.1, 0.15) is 41.4 Å². The summed E-state index contributed by atoms with van der Waals surface area (Å²) in [7, 11) is 0. The molecule has 300 valence electrons. The van der Waals surface area contributed by atoms with Crippen molar-refractivity contribution in [3.05, 3.63) is 58.7 Å². The standard InChI is InChI=1S/C34H26O23/c35-12-1-8(2-13(36)21(12)42)31(50)54-7-18(41)27(55-32(51)9-3-14(37)22(43)15(38)4-9)28-29(30(48)49)57-34(53)11-6-17(40)24(45)26(47)20(11)19-10(33(52)56-28)5-16(39)23(44)25(19)46/h1-6,18,27-29,35-47H,7H2,(H,48,49)/t18-,27-,28+,29-/m1/s1. The molecule has 1 aliphatic heterocycles. The Hall–Kier alpha value is -8.21. The van der Waals surface area contributed by atoms with Gasteiger partial charge in [0.25, 0.3) is 0 Å². The third-order valence-electron chi connectivity index (χ3n) is 8.16. The van der Waals surface area contributed by atoms with E-state index >= 15 is 0 Å². The normalized spacial score (nSPS) is 16.2. The zero-order chi connectivity index (χ0) is 42.4. The maximum absolute atomic E-state index is 13.9. The highest BCUT2D eigenvalue weighted by Crippen LogP contribution is 2.53. The molecule has 0 aromatic heterocycles. The Balaban J connectivity index is 1.68. The third-order valence-corrected chi connectivity index (χ3v) is 8.16. The summed E-state index contributed by atoms with van der Waals surface area (Å²) in [5.74, 6) is -24.0. The number of aromatic hydroxyl groups is 12.